The highest BCUT2D eigenvalue weighted by Gasteiger charge is 2.38. The van der Waals surface area contributed by atoms with E-state index >= 15 is 0 Å². The van der Waals surface area contributed by atoms with Crippen LogP contribution in [0, 0.1) is 17.8 Å². The van der Waals surface area contributed by atoms with Gasteiger partial charge in [-0.1, -0.05) is 32.1 Å². The average Bonchev–Trinajstić information content (AvgIpc) is 2.73. The Balaban J connectivity index is 2.15. The maximum atomic E-state index is 5.38. The Morgan fingerprint density at radius 1 is 1.42 bits per heavy atom. The summed E-state index contributed by atoms with van der Waals surface area (Å²) in [5, 5.41) is 0. The lowest BCUT2D eigenvalue weighted by Crippen LogP contribution is -2.12. The first-order chi connectivity index (χ1) is 5.68. The highest BCUT2D eigenvalue weighted by atomic mass is 32.1. The van der Waals surface area contributed by atoms with Crippen LogP contribution in [-0.4, -0.2) is 4.86 Å². The molecule has 1 saturated carbocycles. The smallest absolute Gasteiger partial charge is 0.0184 e. The lowest BCUT2D eigenvalue weighted by Gasteiger charge is -2.18. The van der Waals surface area contributed by atoms with Gasteiger partial charge in [0.15, 0.2) is 0 Å². The predicted octanol–water partition coefficient (Wildman–Crippen LogP) is 3.37. The molecule has 2 aliphatic carbocycles. The maximum Gasteiger partial charge on any atom is 0.0184 e. The van der Waals surface area contributed by atoms with Crippen molar-refractivity contribution in [3.63, 3.8) is 0 Å². The van der Waals surface area contributed by atoms with E-state index in [1.165, 1.54) is 23.3 Å². The van der Waals surface area contributed by atoms with Crippen molar-refractivity contribution in [1.82, 2.24) is 0 Å². The first kappa shape index (κ1) is 8.43. The summed E-state index contributed by atoms with van der Waals surface area (Å²) < 4.78 is 0. The van der Waals surface area contributed by atoms with E-state index in [2.05, 4.69) is 19.9 Å². The van der Waals surface area contributed by atoms with Crippen molar-refractivity contribution in [2.45, 2.75) is 33.1 Å². The van der Waals surface area contributed by atoms with Crippen molar-refractivity contribution >= 4 is 17.1 Å². The molecule has 0 aromatic rings. The molecule has 0 bridgehead atoms. The van der Waals surface area contributed by atoms with Crippen molar-refractivity contribution in [3.05, 3.63) is 11.6 Å². The fourth-order valence-corrected chi connectivity index (χ4v) is 2.41. The zero-order valence-electron chi connectivity index (χ0n) is 7.84. The highest BCUT2D eigenvalue weighted by molar-refractivity contribution is 7.80. The van der Waals surface area contributed by atoms with Crippen molar-refractivity contribution in [1.29, 1.82) is 0 Å². The number of rotatable bonds is 1. The van der Waals surface area contributed by atoms with Gasteiger partial charge in [-0.25, -0.2) is 0 Å². The van der Waals surface area contributed by atoms with Gasteiger partial charge in [-0.05, 0) is 42.6 Å². The molecule has 0 saturated heterocycles. The maximum absolute atomic E-state index is 5.38. The Bertz CT molecular complexity index is 239. The SMILES string of the molecule is CC1C=C(C2CC2C)C(=S)CC1. The Kier molecular flexibility index (Phi) is 2.07. The molecule has 3 atom stereocenters. The summed E-state index contributed by atoms with van der Waals surface area (Å²) in [6, 6.07) is 0. The lowest BCUT2D eigenvalue weighted by molar-refractivity contribution is 0.646. The van der Waals surface area contributed by atoms with Gasteiger partial charge < -0.3 is 0 Å². The number of allylic oxidation sites excluding steroid dienone is 2. The van der Waals surface area contributed by atoms with E-state index in [9.17, 15) is 0 Å². The molecule has 0 amide bonds. The predicted molar refractivity (Wildman–Crippen MR) is 56.4 cm³/mol. The minimum atomic E-state index is 0.763. The van der Waals surface area contributed by atoms with Crippen molar-refractivity contribution in [3.8, 4) is 0 Å². The van der Waals surface area contributed by atoms with Gasteiger partial charge in [0, 0.05) is 4.86 Å². The molecule has 0 heterocycles. The Morgan fingerprint density at radius 2 is 2.08 bits per heavy atom. The molecular weight excluding hydrogens is 164 g/mol. The second kappa shape index (κ2) is 2.95. The van der Waals surface area contributed by atoms with Crippen LogP contribution in [0.2, 0.25) is 0 Å². The first-order valence-corrected chi connectivity index (χ1v) is 5.34. The number of hydrogen-bond acceptors (Lipinski definition) is 1. The normalized spacial score (nSPS) is 41.0. The highest BCUT2D eigenvalue weighted by Crippen LogP contribution is 2.46. The molecule has 0 aromatic heterocycles. The molecule has 2 rings (SSSR count). The van der Waals surface area contributed by atoms with Crippen LogP contribution in [0.3, 0.4) is 0 Å². The van der Waals surface area contributed by atoms with Crippen molar-refractivity contribution in [2.24, 2.45) is 17.8 Å². The van der Waals surface area contributed by atoms with E-state index in [-0.39, 0.29) is 0 Å². The van der Waals surface area contributed by atoms with Crippen molar-refractivity contribution in [2.75, 3.05) is 0 Å². The summed E-state index contributed by atoms with van der Waals surface area (Å²) in [4.78, 5) is 1.25. The van der Waals surface area contributed by atoms with Gasteiger partial charge in [0.05, 0.1) is 0 Å². The number of thiocarbonyl (C=S) groups is 1. The van der Waals surface area contributed by atoms with Crippen LogP contribution in [0.1, 0.15) is 33.1 Å². The van der Waals surface area contributed by atoms with Gasteiger partial charge in [-0.3, -0.25) is 0 Å². The Morgan fingerprint density at radius 3 is 2.67 bits per heavy atom. The third-order valence-electron chi connectivity index (χ3n) is 3.12. The summed E-state index contributed by atoms with van der Waals surface area (Å²) in [7, 11) is 0. The topological polar surface area (TPSA) is 0 Å². The molecule has 0 nitrogen and oxygen atoms in total. The fraction of sp³-hybridized carbons (Fsp3) is 0.727. The molecule has 0 aliphatic heterocycles. The molecule has 1 fully saturated rings. The summed E-state index contributed by atoms with van der Waals surface area (Å²) in [6.07, 6.45) is 6.22. The van der Waals surface area contributed by atoms with E-state index in [1.54, 1.807) is 0 Å². The summed E-state index contributed by atoms with van der Waals surface area (Å²) in [5.41, 5.74) is 1.52. The minimum absolute atomic E-state index is 0.763. The van der Waals surface area contributed by atoms with E-state index in [1.807, 2.05) is 0 Å². The summed E-state index contributed by atoms with van der Waals surface area (Å²) >= 11 is 5.38. The zero-order valence-corrected chi connectivity index (χ0v) is 8.66. The van der Waals surface area contributed by atoms with Gasteiger partial charge in [-0.2, -0.15) is 0 Å². The minimum Gasteiger partial charge on any atom is -0.0846 e. The van der Waals surface area contributed by atoms with Crippen LogP contribution in [0.25, 0.3) is 0 Å². The lowest BCUT2D eigenvalue weighted by atomic mass is 9.89. The average molecular weight is 180 g/mol. The Hall–Kier alpha value is -0.170. The van der Waals surface area contributed by atoms with E-state index < -0.39 is 0 Å². The molecule has 3 unspecified atom stereocenters. The van der Waals surface area contributed by atoms with Crippen LogP contribution in [0.15, 0.2) is 11.6 Å². The largest absolute Gasteiger partial charge is 0.0846 e. The molecule has 0 aromatic carbocycles. The second-order valence-electron chi connectivity index (χ2n) is 4.38. The molecule has 1 heteroatoms. The van der Waals surface area contributed by atoms with Gasteiger partial charge >= 0.3 is 0 Å². The monoisotopic (exact) mass is 180 g/mol. The number of hydrogen-bond donors (Lipinski definition) is 0. The molecule has 2 aliphatic rings. The first-order valence-electron chi connectivity index (χ1n) is 4.93. The fourth-order valence-electron chi connectivity index (χ4n) is 2.07. The molecule has 12 heavy (non-hydrogen) atoms. The van der Waals surface area contributed by atoms with Crippen LogP contribution in [0.4, 0.5) is 0 Å². The van der Waals surface area contributed by atoms with Crippen LogP contribution >= 0.6 is 12.2 Å². The summed E-state index contributed by atoms with van der Waals surface area (Å²) in [5.74, 6) is 2.50. The molecule has 66 valence electrons. The van der Waals surface area contributed by atoms with Crippen LogP contribution in [0.5, 0.6) is 0 Å². The van der Waals surface area contributed by atoms with E-state index in [4.69, 9.17) is 12.2 Å². The zero-order chi connectivity index (χ0) is 8.72. The molecular formula is C11H16S. The van der Waals surface area contributed by atoms with Gasteiger partial charge in [0.1, 0.15) is 0 Å². The van der Waals surface area contributed by atoms with E-state index in [0.29, 0.717) is 0 Å². The Labute approximate surface area is 80.0 Å². The standard InChI is InChI=1S/C11H16S/c1-7-3-4-11(12)10(5-7)9-6-8(9)2/h5,7-9H,3-4,6H2,1-2H3. The van der Waals surface area contributed by atoms with E-state index in [0.717, 1.165) is 24.2 Å². The molecule has 0 spiro atoms. The summed E-state index contributed by atoms with van der Waals surface area (Å²) in [6.45, 7) is 4.63. The molecule has 0 radical (unpaired) electrons. The van der Waals surface area contributed by atoms with Crippen LogP contribution in [-0.2, 0) is 0 Å². The van der Waals surface area contributed by atoms with Gasteiger partial charge in [0.25, 0.3) is 0 Å². The third kappa shape index (κ3) is 1.47. The quantitative estimate of drug-likeness (QED) is 0.557. The second-order valence-corrected chi connectivity index (χ2v) is 4.87. The van der Waals surface area contributed by atoms with Crippen molar-refractivity contribution < 1.29 is 0 Å². The van der Waals surface area contributed by atoms with Gasteiger partial charge in [0.2, 0.25) is 0 Å². The van der Waals surface area contributed by atoms with Crippen LogP contribution < -0.4 is 0 Å². The molecule has 0 N–H and O–H groups in total. The van der Waals surface area contributed by atoms with Gasteiger partial charge in [-0.15, -0.1) is 0 Å². The third-order valence-corrected chi connectivity index (χ3v) is 3.56.